The number of likely N-dealkylation sites (N-methyl/N-ethyl adjacent to an activating group) is 1. The first-order chi connectivity index (χ1) is 10.1. The van der Waals surface area contributed by atoms with Gasteiger partial charge in [-0.2, -0.15) is 0 Å². The van der Waals surface area contributed by atoms with Gasteiger partial charge in [0.2, 0.25) is 5.91 Å². The van der Waals surface area contributed by atoms with Gasteiger partial charge >= 0.3 is 0 Å². The molecule has 0 radical (unpaired) electrons. The topological polar surface area (TPSA) is 68.7 Å². The number of nitrogens with two attached hydrogens (primary N) is 1. The molecule has 114 valence electrons. The molecule has 1 aromatic carbocycles. The molecule has 1 amide bonds. The summed E-state index contributed by atoms with van der Waals surface area (Å²) in [6.45, 7) is 2.74. The molecule has 0 aliphatic carbocycles. The van der Waals surface area contributed by atoms with Gasteiger partial charge in [-0.1, -0.05) is 25.1 Å². The number of amides is 1. The average molecular weight is 290 g/mol. The predicted octanol–water partition coefficient (Wildman–Crippen LogP) is 1.93. The highest BCUT2D eigenvalue weighted by Crippen LogP contribution is 2.27. The van der Waals surface area contributed by atoms with Gasteiger partial charge in [-0.25, -0.2) is 0 Å². The van der Waals surface area contributed by atoms with E-state index in [1.807, 2.05) is 31.2 Å². The Morgan fingerprint density at radius 3 is 2.81 bits per heavy atom. The zero-order chi connectivity index (χ0) is 15.4. The summed E-state index contributed by atoms with van der Waals surface area (Å²) in [5, 5.41) is 1.05. The van der Waals surface area contributed by atoms with E-state index in [1.54, 1.807) is 11.9 Å². The average Bonchev–Trinajstić information content (AvgIpc) is 2.84. The van der Waals surface area contributed by atoms with Gasteiger partial charge in [-0.3, -0.25) is 4.79 Å². The van der Waals surface area contributed by atoms with Crippen LogP contribution in [0.4, 0.5) is 0 Å². The van der Waals surface area contributed by atoms with Crippen molar-refractivity contribution in [2.75, 3.05) is 20.8 Å². The molecular formula is C16H22N2O3. The third-order valence-electron chi connectivity index (χ3n) is 3.54. The van der Waals surface area contributed by atoms with Gasteiger partial charge in [-0.15, -0.1) is 0 Å². The molecule has 0 aliphatic rings. The van der Waals surface area contributed by atoms with E-state index in [4.69, 9.17) is 14.9 Å². The number of hydrogen-bond donors (Lipinski definition) is 1. The SMILES string of the molecule is CCc1oc2ccccc2c1CN(C)C(=O)C(N)COC. The van der Waals surface area contributed by atoms with Gasteiger partial charge in [-0.05, 0) is 6.07 Å². The predicted molar refractivity (Wildman–Crippen MR) is 81.9 cm³/mol. The third-order valence-corrected chi connectivity index (χ3v) is 3.54. The number of ether oxygens (including phenoxy) is 1. The van der Waals surface area contributed by atoms with Crippen LogP contribution in [0.3, 0.4) is 0 Å². The second kappa shape index (κ2) is 6.74. The number of furan rings is 1. The van der Waals surface area contributed by atoms with Crippen LogP contribution in [0.5, 0.6) is 0 Å². The van der Waals surface area contributed by atoms with Crippen LogP contribution >= 0.6 is 0 Å². The fourth-order valence-corrected chi connectivity index (χ4v) is 2.46. The Hall–Kier alpha value is -1.85. The molecule has 0 spiro atoms. The fraction of sp³-hybridized carbons (Fsp3) is 0.438. The number of rotatable bonds is 6. The van der Waals surface area contributed by atoms with Gasteiger partial charge in [0.05, 0.1) is 6.61 Å². The highest BCUT2D eigenvalue weighted by atomic mass is 16.5. The number of nitrogens with zero attached hydrogens (tertiary/aromatic N) is 1. The second-order valence-corrected chi connectivity index (χ2v) is 5.11. The molecule has 5 nitrogen and oxygen atoms in total. The van der Waals surface area contributed by atoms with E-state index < -0.39 is 6.04 Å². The molecule has 0 bridgehead atoms. The lowest BCUT2D eigenvalue weighted by Crippen LogP contribution is -2.44. The molecule has 1 unspecified atom stereocenters. The van der Waals surface area contributed by atoms with Crippen LogP contribution in [-0.2, 0) is 22.5 Å². The van der Waals surface area contributed by atoms with Crippen molar-refractivity contribution in [2.24, 2.45) is 5.73 Å². The van der Waals surface area contributed by atoms with Crippen molar-refractivity contribution in [1.29, 1.82) is 0 Å². The Labute approximate surface area is 124 Å². The summed E-state index contributed by atoms with van der Waals surface area (Å²) in [6, 6.07) is 7.23. The maximum absolute atomic E-state index is 12.2. The largest absolute Gasteiger partial charge is 0.461 e. The Kier molecular flexibility index (Phi) is 4.98. The molecule has 0 fully saturated rings. The highest BCUT2D eigenvalue weighted by Gasteiger charge is 2.21. The van der Waals surface area contributed by atoms with Crippen molar-refractivity contribution in [3.05, 3.63) is 35.6 Å². The molecule has 0 saturated carbocycles. The number of carbonyl (C=O) groups is 1. The van der Waals surface area contributed by atoms with Gasteiger partial charge < -0.3 is 19.8 Å². The lowest BCUT2D eigenvalue weighted by molar-refractivity contribution is -0.132. The molecule has 2 rings (SSSR count). The number of hydrogen-bond acceptors (Lipinski definition) is 4. The minimum atomic E-state index is -0.636. The standard InChI is InChI=1S/C16H22N2O3/c1-4-14-12(11-7-5-6-8-15(11)21-14)9-18(2)16(19)13(17)10-20-3/h5-8,13H,4,9-10,17H2,1-3H3. The molecule has 0 saturated heterocycles. The number of carbonyl (C=O) groups excluding carboxylic acids is 1. The van der Waals surface area contributed by atoms with E-state index in [9.17, 15) is 4.79 Å². The summed E-state index contributed by atoms with van der Waals surface area (Å²) >= 11 is 0. The van der Waals surface area contributed by atoms with Crippen LogP contribution in [-0.4, -0.2) is 37.6 Å². The van der Waals surface area contributed by atoms with Crippen LogP contribution in [0.1, 0.15) is 18.2 Å². The number of methoxy groups -OCH3 is 1. The minimum absolute atomic E-state index is 0.135. The van der Waals surface area contributed by atoms with E-state index in [2.05, 4.69) is 0 Å². The summed E-state index contributed by atoms with van der Waals surface area (Å²) in [4.78, 5) is 13.8. The molecule has 2 aromatic rings. The molecule has 0 aliphatic heterocycles. The van der Waals surface area contributed by atoms with Crippen LogP contribution in [0.25, 0.3) is 11.0 Å². The first kappa shape index (κ1) is 15.5. The molecule has 1 atom stereocenters. The van der Waals surface area contributed by atoms with Crippen LogP contribution in [0.15, 0.2) is 28.7 Å². The monoisotopic (exact) mass is 290 g/mol. The first-order valence-corrected chi connectivity index (χ1v) is 7.07. The summed E-state index contributed by atoms with van der Waals surface area (Å²) < 4.78 is 10.8. The number of aryl methyl sites for hydroxylation is 1. The number of para-hydroxylation sites is 1. The number of benzene rings is 1. The Balaban J connectivity index is 2.24. The Morgan fingerprint density at radius 1 is 1.43 bits per heavy atom. The van der Waals surface area contributed by atoms with Crippen LogP contribution in [0, 0.1) is 0 Å². The van der Waals surface area contributed by atoms with Gasteiger partial charge in [0.1, 0.15) is 17.4 Å². The van der Waals surface area contributed by atoms with Crippen molar-refractivity contribution >= 4 is 16.9 Å². The lowest BCUT2D eigenvalue weighted by Gasteiger charge is -2.21. The normalized spacial score (nSPS) is 12.6. The Bertz CT molecular complexity index is 621. The van der Waals surface area contributed by atoms with Crippen molar-refractivity contribution in [3.63, 3.8) is 0 Å². The molecule has 21 heavy (non-hydrogen) atoms. The third kappa shape index (κ3) is 3.25. The molecule has 1 aromatic heterocycles. The maximum atomic E-state index is 12.2. The van der Waals surface area contributed by atoms with Crippen molar-refractivity contribution < 1.29 is 13.9 Å². The fourth-order valence-electron chi connectivity index (χ4n) is 2.46. The number of fused-ring (bicyclic) bond motifs is 1. The smallest absolute Gasteiger partial charge is 0.241 e. The first-order valence-electron chi connectivity index (χ1n) is 7.07. The van der Waals surface area contributed by atoms with Gasteiger partial charge in [0.15, 0.2) is 0 Å². The molecular weight excluding hydrogens is 268 g/mol. The van der Waals surface area contributed by atoms with Crippen LogP contribution in [0.2, 0.25) is 0 Å². The highest BCUT2D eigenvalue weighted by molar-refractivity contribution is 5.84. The van der Waals surface area contributed by atoms with E-state index in [1.165, 1.54) is 7.11 Å². The summed E-state index contributed by atoms with van der Waals surface area (Å²) in [6.07, 6.45) is 0.788. The van der Waals surface area contributed by atoms with E-state index >= 15 is 0 Å². The van der Waals surface area contributed by atoms with E-state index in [-0.39, 0.29) is 12.5 Å². The van der Waals surface area contributed by atoms with E-state index in [0.717, 1.165) is 28.7 Å². The molecule has 1 heterocycles. The van der Waals surface area contributed by atoms with Gasteiger partial charge in [0, 0.05) is 38.1 Å². The summed E-state index contributed by atoms with van der Waals surface area (Å²) in [5.74, 6) is 0.778. The van der Waals surface area contributed by atoms with E-state index in [0.29, 0.717) is 6.54 Å². The Morgan fingerprint density at radius 2 is 2.14 bits per heavy atom. The lowest BCUT2D eigenvalue weighted by atomic mass is 10.1. The van der Waals surface area contributed by atoms with Crippen molar-refractivity contribution in [1.82, 2.24) is 4.90 Å². The quantitative estimate of drug-likeness (QED) is 0.882. The molecule has 5 heteroatoms. The zero-order valence-electron chi connectivity index (χ0n) is 12.8. The maximum Gasteiger partial charge on any atom is 0.241 e. The van der Waals surface area contributed by atoms with Crippen molar-refractivity contribution in [3.8, 4) is 0 Å². The zero-order valence-corrected chi connectivity index (χ0v) is 12.8. The minimum Gasteiger partial charge on any atom is -0.461 e. The van der Waals surface area contributed by atoms with Crippen LogP contribution < -0.4 is 5.73 Å². The van der Waals surface area contributed by atoms with Crippen molar-refractivity contribution in [2.45, 2.75) is 25.9 Å². The summed E-state index contributed by atoms with van der Waals surface area (Å²) in [5.41, 5.74) is 7.70. The second-order valence-electron chi connectivity index (χ2n) is 5.11. The summed E-state index contributed by atoms with van der Waals surface area (Å²) in [7, 11) is 3.28. The molecule has 2 N–H and O–H groups in total. The van der Waals surface area contributed by atoms with Gasteiger partial charge in [0.25, 0.3) is 0 Å².